The Morgan fingerprint density at radius 1 is 0.939 bits per heavy atom. The van der Waals surface area contributed by atoms with E-state index in [0.717, 1.165) is 22.6 Å². The molecule has 0 aliphatic heterocycles. The zero-order valence-electron chi connectivity index (χ0n) is 18.6. The van der Waals surface area contributed by atoms with Gasteiger partial charge in [0.2, 0.25) is 0 Å². The van der Waals surface area contributed by atoms with Gasteiger partial charge in [-0.05, 0) is 59.8 Å². The molecule has 2 aromatic carbocycles. The van der Waals surface area contributed by atoms with Crippen LogP contribution in [0.25, 0.3) is 11.3 Å². The summed E-state index contributed by atoms with van der Waals surface area (Å²) in [5.74, 6) is 2.08. The van der Waals surface area contributed by atoms with Gasteiger partial charge in [0, 0.05) is 17.5 Å². The van der Waals surface area contributed by atoms with E-state index in [1.165, 1.54) is 22.7 Å². The van der Waals surface area contributed by atoms with Gasteiger partial charge >= 0.3 is 0 Å². The third-order valence-electron chi connectivity index (χ3n) is 5.16. The van der Waals surface area contributed by atoms with Crippen molar-refractivity contribution in [3.8, 4) is 28.5 Å². The molecule has 0 radical (unpaired) electrons. The van der Waals surface area contributed by atoms with Gasteiger partial charge in [-0.2, -0.15) is 0 Å². The number of thiazole rings is 1. The lowest BCUT2D eigenvalue weighted by molar-refractivity contribution is 0.0991. The molecule has 0 aliphatic carbocycles. The Morgan fingerprint density at radius 3 is 2.39 bits per heavy atom. The number of amides is 1. The number of hydrogen-bond acceptors (Lipinski definition) is 7. The van der Waals surface area contributed by atoms with Crippen LogP contribution in [0.5, 0.6) is 17.2 Å². The molecule has 0 aliphatic rings. The number of nitrogens with zero attached hydrogens (tertiary/aromatic N) is 2. The molecule has 2 aromatic heterocycles. The van der Waals surface area contributed by atoms with Crippen LogP contribution in [0.3, 0.4) is 0 Å². The fourth-order valence-electron chi connectivity index (χ4n) is 3.38. The van der Waals surface area contributed by atoms with Gasteiger partial charge in [-0.3, -0.25) is 9.69 Å². The molecule has 8 heteroatoms. The van der Waals surface area contributed by atoms with Gasteiger partial charge in [-0.1, -0.05) is 12.1 Å². The predicted molar refractivity (Wildman–Crippen MR) is 133 cm³/mol. The van der Waals surface area contributed by atoms with Crippen molar-refractivity contribution in [1.82, 2.24) is 4.98 Å². The van der Waals surface area contributed by atoms with E-state index in [1.807, 2.05) is 65.4 Å². The second kappa shape index (κ2) is 10.5. The van der Waals surface area contributed by atoms with E-state index in [1.54, 1.807) is 26.2 Å². The first-order valence-electron chi connectivity index (χ1n) is 10.3. The number of carbonyl (C=O) groups is 1. The molecule has 0 fully saturated rings. The van der Waals surface area contributed by atoms with Crippen molar-refractivity contribution >= 4 is 33.7 Å². The number of rotatable bonds is 9. The lowest BCUT2D eigenvalue weighted by atomic mass is 10.1. The summed E-state index contributed by atoms with van der Waals surface area (Å²) >= 11 is 2.89. The number of benzene rings is 2. The number of thiophene rings is 1. The highest BCUT2D eigenvalue weighted by atomic mass is 32.1. The van der Waals surface area contributed by atoms with Gasteiger partial charge < -0.3 is 14.2 Å². The van der Waals surface area contributed by atoms with Crippen LogP contribution in [0.15, 0.2) is 65.4 Å². The number of anilines is 1. The average molecular weight is 481 g/mol. The molecule has 0 N–H and O–H groups in total. The molecule has 2 heterocycles. The molecule has 1 amide bonds. The number of ether oxygens (including phenoxy) is 3. The topological polar surface area (TPSA) is 60.9 Å². The van der Waals surface area contributed by atoms with Gasteiger partial charge in [0.15, 0.2) is 16.6 Å². The fourth-order valence-corrected chi connectivity index (χ4v) is 4.91. The first-order chi connectivity index (χ1) is 16.1. The second-order valence-electron chi connectivity index (χ2n) is 7.12. The highest BCUT2D eigenvalue weighted by Gasteiger charge is 2.22. The van der Waals surface area contributed by atoms with Gasteiger partial charge in [0.25, 0.3) is 5.91 Å². The van der Waals surface area contributed by atoms with E-state index < -0.39 is 0 Å². The maximum Gasteiger partial charge on any atom is 0.270 e. The summed E-state index contributed by atoms with van der Waals surface area (Å²) in [6, 6.07) is 17.3. The van der Waals surface area contributed by atoms with Gasteiger partial charge in [0.1, 0.15) is 5.75 Å². The van der Waals surface area contributed by atoms with Gasteiger partial charge in [0.05, 0.1) is 31.9 Å². The molecule has 4 rings (SSSR count). The van der Waals surface area contributed by atoms with Gasteiger partial charge in [-0.25, -0.2) is 4.98 Å². The summed E-state index contributed by atoms with van der Waals surface area (Å²) in [4.78, 5) is 20.5. The van der Waals surface area contributed by atoms with Crippen LogP contribution in [0.4, 0.5) is 5.13 Å². The smallest absolute Gasteiger partial charge is 0.270 e. The lowest BCUT2D eigenvalue weighted by Crippen LogP contribution is -2.32. The van der Waals surface area contributed by atoms with Crippen molar-refractivity contribution in [3.63, 3.8) is 0 Å². The van der Waals surface area contributed by atoms with Crippen LogP contribution in [0.2, 0.25) is 0 Å². The molecule has 6 nitrogen and oxygen atoms in total. The molecule has 0 unspecified atom stereocenters. The minimum Gasteiger partial charge on any atom is -0.497 e. The Bertz CT molecular complexity index is 1200. The summed E-state index contributed by atoms with van der Waals surface area (Å²) in [6.07, 6.45) is 0.648. The third-order valence-corrected chi connectivity index (χ3v) is 6.88. The average Bonchev–Trinajstić information content (AvgIpc) is 3.57. The summed E-state index contributed by atoms with van der Waals surface area (Å²) in [5, 5.41) is 4.55. The lowest BCUT2D eigenvalue weighted by Gasteiger charge is -2.19. The number of carbonyl (C=O) groups excluding carboxylic acids is 1. The van der Waals surface area contributed by atoms with E-state index in [9.17, 15) is 4.79 Å². The highest BCUT2D eigenvalue weighted by Crippen LogP contribution is 2.31. The van der Waals surface area contributed by atoms with Crippen LogP contribution < -0.4 is 19.1 Å². The zero-order chi connectivity index (χ0) is 23.2. The van der Waals surface area contributed by atoms with Crippen LogP contribution in [-0.2, 0) is 6.42 Å². The first kappa shape index (κ1) is 22.8. The summed E-state index contributed by atoms with van der Waals surface area (Å²) in [5.41, 5.74) is 2.85. The van der Waals surface area contributed by atoms with E-state index >= 15 is 0 Å². The molecule has 0 bridgehead atoms. The normalized spacial score (nSPS) is 10.6. The molecule has 0 saturated heterocycles. The molecule has 0 spiro atoms. The first-order valence-corrected chi connectivity index (χ1v) is 12.0. The van der Waals surface area contributed by atoms with E-state index in [4.69, 9.17) is 19.2 Å². The fraction of sp³-hybridized carbons (Fsp3) is 0.200. The molecule has 0 atom stereocenters. The molecular weight excluding hydrogens is 456 g/mol. The van der Waals surface area contributed by atoms with Crippen molar-refractivity contribution in [1.29, 1.82) is 0 Å². The van der Waals surface area contributed by atoms with E-state index in [2.05, 4.69) is 0 Å². The Morgan fingerprint density at radius 2 is 1.73 bits per heavy atom. The highest BCUT2D eigenvalue weighted by molar-refractivity contribution is 7.14. The Kier molecular flexibility index (Phi) is 7.26. The molecular formula is C25H24N2O4S2. The molecule has 4 aromatic rings. The van der Waals surface area contributed by atoms with Crippen molar-refractivity contribution in [2.24, 2.45) is 0 Å². The van der Waals surface area contributed by atoms with Crippen LogP contribution in [-0.4, -0.2) is 38.8 Å². The van der Waals surface area contributed by atoms with E-state index in [0.29, 0.717) is 34.5 Å². The minimum absolute atomic E-state index is 0.0545. The monoisotopic (exact) mass is 480 g/mol. The van der Waals surface area contributed by atoms with E-state index in [-0.39, 0.29) is 5.91 Å². The maximum absolute atomic E-state index is 13.3. The largest absolute Gasteiger partial charge is 0.497 e. The van der Waals surface area contributed by atoms with Gasteiger partial charge in [-0.15, -0.1) is 22.7 Å². The molecule has 0 saturated carbocycles. The standard InChI is InChI=1S/C25H24N2O4S2/c1-29-19-9-7-18(8-10-19)20-16-33-25(26-20)27(24(28)23-5-4-14-32-23)13-12-17-6-11-21(30-2)22(15-17)31-3/h4-11,14-16H,12-13H2,1-3H3. The third kappa shape index (κ3) is 5.18. The SMILES string of the molecule is COc1ccc(-c2csc(N(CCc3ccc(OC)c(OC)c3)C(=O)c3cccs3)n2)cc1. The maximum atomic E-state index is 13.3. The number of aromatic nitrogens is 1. The quantitative estimate of drug-likeness (QED) is 0.304. The molecule has 170 valence electrons. The predicted octanol–water partition coefficient (Wildman–Crippen LogP) is 5.79. The minimum atomic E-state index is -0.0545. The summed E-state index contributed by atoms with van der Waals surface area (Å²) in [7, 11) is 4.87. The summed E-state index contributed by atoms with van der Waals surface area (Å²) < 4.78 is 16.0. The Hall–Kier alpha value is -3.36. The zero-order valence-corrected chi connectivity index (χ0v) is 20.2. The Balaban J connectivity index is 1.59. The van der Waals surface area contributed by atoms with Crippen molar-refractivity contribution in [3.05, 3.63) is 75.8 Å². The van der Waals surface area contributed by atoms with Crippen LogP contribution in [0, 0.1) is 0 Å². The second-order valence-corrected chi connectivity index (χ2v) is 8.90. The van der Waals surface area contributed by atoms with Crippen molar-refractivity contribution in [2.75, 3.05) is 32.8 Å². The van der Waals surface area contributed by atoms with Crippen molar-refractivity contribution < 1.29 is 19.0 Å². The van der Waals surface area contributed by atoms with Crippen LogP contribution >= 0.6 is 22.7 Å². The number of methoxy groups -OCH3 is 3. The van der Waals surface area contributed by atoms with Crippen molar-refractivity contribution in [2.45, 2.75) is 6.42 Å². The molecule has 33 heavy (non-hydrogen) atoms. The Labute approximate surface area is 201 Å². The summed E-state index contributed by atoms with van der Waals surface area (Å²) in [6.45, 7) is 0.488. The number of hydrogen-bond donors (Lipinski definition) is 0. The van der Waals surface area contributed by atoms with Crippen LogP contribution in [0.1, 0.15) is 15.2 Å².